The van der Waals surface area contributed by atoms with E-state index in [0.717, 1.165) is 17.2 Å². The van der Waals surface area contributed by atoms with E-state index >= 15 is 0 Å². The van der Waals surface area contributed by atoms with E-state index in [2.05, 4.69) is 0 Å². The molecule has 1 saturated carbocycles. The Morgan fingerprint density at radius 2 is 1.79 bits per heavy atom. The van der Waals surface area contributed by atoms with Gasteiger partial charge in [-0.15, -0.1) is 0 Å². The number of carbonyl (C=O) groups is 1. The van der Waals surface area contributed by atoms with E-state index in [1.54, 1.807) is 12.1 Å². The molecule has 0 radical (unpaired) electrons. The molecule has 1 atom stereocenters. The lowest BCUT2D eigenvalue weighted by atomic mass is 9.88. The van der Waals surface area contributed by atoms with Gasteiger partial charge in [0.15, 0.2) is 0 Å². The number of benzene rings is 1. The summed E-state index contributed by atoms with van der Waals surface area (Å²) >= 11 is 0. The van der Waals surface area contributed by atoms with Gasteiger partial charge >= 0.3 is 5.97 Å². The minimum atomic E-state index is -1.000. The molecule has 1 N–H and O–H groups in total. The third kappa shape index (κ3) is 4.16. The molecule has 104 valence electrons. The van der Waals surface area contributed by atoms with Crippen molar-refractivity contribution in [3.8, 4) is 0 Å². The highest BCUT2D eigenvalue weighted by Crippen LogP contribution is 2.26. The molecule has 1 aromatic rings. The summed E-state index contributed by atoms with van der Waals surface area (Å²) in [4.78, 5) is 11.5. The van der Waals surface area contributed by atoms with Crippen molar-refractivity contribution in [2.24, 2.45) is 5.92 Å². The Kier molecular flexibility index (Phi) is 5.14. The number of aromatic carboxylic acids is 1. The van der Waals surface area contributed by atoms with E-state index in [0.29, 0.717) is 5.75 Å². The zero-order valence-electron chi connectivity index (χ0n) is 11.0. The Balaban J connectivity index is 1.86. The summed E-state index contributed by atoms with van der Waals surface area (Å²) in [6.45, 7) is 0. The van der Waals surface area contributed by atoms with Crippen molar-refractivity contribution >= 4 is 16.8 Å². The molecule has 1 aromatic carbocycles. The van der Waals surface area contributed by atoms with Crippen molar-refractivity contribution in [1.29, 1.82) is 0 Å². The lowest BCUT2D eigenvalue weighted by Crippen LogP contribution is -2.10. The van der Waals surface area contributed by atoms with Gasteiger partial charge in [0.25, 0.3) is 0 Å². The third-order valence-electron chi connectivity index (χ3n) is 3.80. The fraction of sp³-hybridized carbons (Fsp3) is 0.533. The lowest BCUT2D eigenvalue weighted by molar-refractivity contribution is 0.0697. The van der Waals surface area contributed by atoms with Crippen LogP contribution in [0, 0.1) is 5.92 Å². The van der Waals surface area contributed by atoms with E-state index in [1.807, 2.05) is 0 Å². The van der Waals surface area contributed by atoms with Crippen LogP contribution >= 0.6 is 0 Å². The second-order valence-electron chi connectivity index (χ2n) is 5.17. The van der Waals surface area contributed by atoms with Crippen molar-refractivity contribution in [1.82, 2.24) is 0 Å². The molecule has 0 aromatic heterocycles. The highest BCUT2D eigenvalue weighted by atomic mass is 32.2. The molecule has 4 heteroatoms. The van der Waals surface area contributed by atoms with Crippen LogP contribution in [-0.2, 0) is 10.8 Å². The molecule has 1 aliphatic rings. The molecule has 2 rings (SSSR count). The maximum Gasteiger partial charge on any atom is 0.335 e. The molecule has 1 aliphatic carbocycles. The van der Waals surface area contributed by atoms with Gasteiger partial charge in [-0.2, -0.15) is 0 Å². The van der Waals surface area contributed by atoms with E-state index in [9.17, 15) is 9.00 Å². The van der Waals surface area contributed by atoms with Crippen LogP contribution in [0.5, 0.6) is 0 Å². The largest absolute Gasteiger partial charge is 0.478 e. The number of carboxylic acids is 1. The molecule has 0 heterocycles. The van der Waals surface area contributed by atoms with E-state index in [4.69, 9.17) is 5.11 Å². The maximum atomic E-state index is 12.1. The quantitative estimate of drug-likeness (QED) is 0.898. The van der Waals surface area contributed by atoms with Crippen LogP contribution in [-0.4, -0.2) is 21.0 Å². The molecular weight excluding hydrogens is 260 g/mol. The fourth-order valence-corrected chi connectivity index (χ4v) is 3.84. The highest BCUT2D eigenvalue weighted by Gasteiger charge is 2.15. The number of rotatable bonds is 5. The predicted octanol–water partition coefficient (Wildman–Crippen LogP) is 3.46. The molecule has 1 unspecified atom stereocenters. The van der Waals surface area contributed by atoms with Gasteiger partial charge in [-0.25, -0.2) is 4.79 Å². The number of carboxylic acid groups (broad SMARTS) is 1. The summed E-state index contributed by atoms with van der Waals surface area (Å²) < 4.78 is 12.1. The van der Waals surface area contributed by atoms with Gasteiger partial charge in [-0.3, -0.25) is 4.21 Å². The summed E-state index contributed by atoms with van der Waals surface area (Å²) in [5, 5.41) is 8.81. The average molecular weight is 280 g/mol. The van der Waals surface area contributed by atoms with Gasteiger partial charge in [-0.05, 0) is 36.6 Å². The summed E-state index contributed by atoms with van der Waals surface area (Å²) in [5.41, 5.74) is 0.244. The van der Waals surface area contributed by atoms with Crippen LogP contribution in [0.4, 0.5) is 0 Å². The smallest absolute Gasteiger partial charge is 0.335 e. The van der Waals surface area contributed by atoms with Crippen LogP contribution in [0.3, 0.4) is 0 Å². The second kappa shape index (κ2) is 6.85. The summed E-state index contributed by atoms with van der Waals surface area (Å²) in [5.74, 6) is 0.479. The first-order chi connectivity index (χ1) is 9.16. The van der Waals surface area contributed by atoms with Gasteiger partial charge in [0, 0.05) is 10.6 Å². The third-order valence-corrected chi connectivity index (χ3v) is 5.20. The Morgan fingerprint density at radius 1 is 1.16 bits per heavy atom. The SMILES string of the molecule is O=C(O)c1ccc(S(=O)CCC2CCCCC2)cc1. The van der Waals surface area contributed by atoms with Crippen LogP contribution in [0.15, 0.2) is 29.2 Å². The minimum absolute atomic E-state index is 0.244. The van der Waals surface area contributed by atoms with Crippen molar-refractivity contribution in [3.63, 3.8) is 0 Å². The zero-order valence-corrected chi connectivity index (χ0v) is 11.8. The molecule has 0 bridgehead atoms. The van der Waals surface area contributed by atoms with Gasteiger partial charge < -0.3 is 5.11 Å². The highest BCUT2D eigenvalue weighted by molar-refractivity contribution is 7.85. The second-order valence-corrected chi connectivity index (χ2v) is 6.74. The number of hydrogen-bond acceptors (Lipinski definition) is 2. The van der Waals surface area contributed by atoms with Gasteiger partial charge in [-0.1, -0.05) is 32.1 Å². The van der Waals surface area contributed by atoms with E-state index in [1.165, 1.54) is 44.2 Å². The topological polar surface area (TPSA) is 54.4 Å². The Morgan fingerprint density at radius 3 is 2.37 bits per heavy atom. The van der Waals surface area contributed by atoms with Crippen LogP contribution < -0.4 is 0 Å². The molecule has 0 amide bonds. The van der Waals surface area contributed by atoms with Crippen molar-refractivity contribution in [3.05, 3.63) is 29.8 Å². The molecule has 0 spiro atoms. The Hall–Kier alpha value is -1.16. The standard InChI is InChI=1S/C15H20O3S/c16-15(17)13-6-8-14(9-7-13)19(18)11-10-12-4-2-1-3-5-12/h6-9,12H,1-5,10-11H2,(H,16,17). The first-order valence-electron chi connectivity index (χ1n) is 6.88. The maximum absolute atomic E-state index is 12.1. The molecule has 19 heavy (non-hydrogen) atoms. The average Bonchev–Trinajstić information content (AvgIpc) is 2.46. The van der Waals surface area contributed by atoms with Crippen LogP contribution in [0.25, 0.3) is 0 Å². The minimum Gasteiger partial charge on any atom is -0.478 e. The van der Waals surface area contributed by atoms with Crippen molar-refractivity contribution in [2.75, 3.05) is 5.75 Å². The fourth-order valence-electron chi connectivity index (χ4n) is 2.62. The Labute approximate surface area is 116 Å². The summed E-state index contributed by atoms with van der Waals surface area (Å²) in [7, 11) is -1.000. The first-order valence-corrected chi connectivity index (χ1v) is 8.20. The number of hydrogen-bond donors (Lipinski definition) is 1. The van der Waals surface area contributed by atoms with Crippen LogP contribution in [0.1, 0.15) is 48.9 Å². The first kappa shape index (κ1) is 14.3. The van der Waals surface area contributed by atoms with Crippen molar-refractivity contribution in [2.45, 2.75) is 43.4 Å². The predicted molar refractivity (Wildman–Crippen MR) is 75.9 cm³/mol. The molecule has 0 saturated heterocycles. The monoisotopic (exact) mass is 280 g/mol. The lowest BCUT2D eigenvalue weighted by Gasteiger charge is -2.20. The molecule has 1 fully saturated rings. The van der Waals surface area contributed by atoms with E-state index < -0.39 is 16.8 Å². The normalized spacial score (nSPS) is 18.1. The van der Waals surface area contributed by atoms with Crippen molar-refractivity contribution < 1.29 is 14.1 Å². The zero-order chi connectivity index (χ0) is 13.7. The summed E-state index contributed by atoms with van der Waals surface area (Å²) in [6.07, 6.45) is 7.53. The molecule has 0 aliphatic heterocycles. The molecule has 3 nitrogen and oxygen atoms in total. The van der Waals surface area contributed by atoms with E-state index in [-0.39, 0.29) is 5.56 Å². The van der Waals surface area contributed by atoms with Gasteiger partial charge in [0.05, 0.1) is 16.4 Å². The summed E-state index contributed by atoms with van der Waals surface area (Å²) in [6, 6.07) is 6.38. The van der Waals surface area contributed by atoms with Crippen LogP contribution in [0.2, 0.25) is 0 Å². The Bertz CT molecular complexity index is 447. The van der Waals surface area contributed by atoms with Gasteiger partial charge in [0.2, 0.25) is 0 Å². The van der Waals surface area contributed by atoms with Gasteiger partial charge in [0.1, 0.15) is 0 Å². The molecular formula is C15H20O3S.